The predicted molar refractivity (Wildman–Crippen MR) is 83.0 cm³/mol. The first-order valence-corrected chi connectivity index (χ1v) is 8.53. The SMILES string of the molecule is CSCC(C)NC(=O)N[C@@H]1CCO[C@H]1c1ccc(F)c(F)c1. The standard InChI is InChI=1S/C15H20F2N2O2S/c1-9(8-22-2)18-15(20)19-13-5-6-21-14(13)10-3-4-11(16)12(17)7-10/h3-4,7,9,13-14H,5-6,8H2,1-2H3,(H2,18,19,20)/t9?,13-,14+/m1/s1. The summed E-state index contributed by atoms with van der Waals surface area (Å²) in [6.45, 7) is 2.39. The molecule has 0 radical (unpaired) electrons. The first-order valence-electron chi connectivity index (χ1n) is 7.13. The van der Waals surface area contributed by atoms with Gasteiger partial charge in [-0.15, -0.1) is 0 Å². The molecule has 22 heavy (non-hydrogen) atoms. The van der Waals surface area contributed by atoms with Crippen molar-refractivity contribution in [3.8, 4) is 0 Å². The fraction of sp³-hybridized carbons (Fsp3) is 0.533. The average Bonchev–Trinajstić information content (AvgIpc) is 2.90. The van der Waals surface area contributed by atoms with Crippen LogP contribution in [-0.4, -0.2) is 36.7 Å². The maximum absolute atomic E-state index is 13.3. The number of hydrogen-bond acceptors (Lipinski definition) is 3. The topological polar surface area (TPSA) is 50.4 Å². The number of thioether (sulfide) groups is 1. The fourth-order valence-electron chi connectivity index (χ4n) is 2.48. The lowest BCUT2D eigenvalue weighted by Crippen LogP contribution is -2.47. The number of halogens is 2. The van der Waals surface area contributed by atoms with E-state index < -0.39 is 17.7 Å². The van der Waals surface area contributed by atoms with Crippen LogP contribution in [-0.2, 0) is 4.74 Å². The molecule has 1 aliphatic heterocycles. The molecule has 1 aromatic carbocycles. The molecule has 1 aliphatic rings. The summed E-state index contributed by atoms with van der Waals surface area (Å²) in [6.07, 6.45) is 2.14. The molecule has 0 bridgehead atoms. The van der Waals surface area contributed by atoms with Crippen LogP contribution in [0.2, 0.25) is 0 Å². The summed E-state index contributed by atoms with van der Waals surface area (Å²) in [6, 6.07) is 3.20. The summed E-state index contributed by atoms with van der Waals surface area (Å²) in [7, 11) is 0. The van der Waals surface area contributed by atoms with Gasteiger partial charge < -0.3 is 15.4 Å². The molecule has 122 valence electrons. The molecule has 2 amide bonds. The Kier molecular flexibility index (Phi) is 6.02. The van der Waals surface area contributed by atoms with Gasteiger partial charge in [0.05, 0.1) is 6.04 Å². The monoisotopic (exact) mass is 330 g/mol. The van der Waals surface area contributed by atoms with Crippen molar-refractivity contribution in [1.82, 2.24) is 10.6 Å². The second-order valence-corrected chi connectivity index (χ2v) is 6.24. The Balaban J connectivity index is 1.98. The molecule has 1 aromatic rings. The highest BCUT2D eigenvalue weighted by Crippen LogP contribution is 2.30. The molecule has 4 nitrogen and oxygen atoms in total. The van der Waals surface area contributed by atoms with Crippen molar-refractivity contribution in [3.63, 3.8) is 0 Å². The lowest BCUT2D eigenvalue weighted by molar-refractivity contribution is 0.0995. The Morgan fingerprint density at radius 3 is 2.91 bits per heavy atom. The summed E-state index contributed by atoms with van der Waals surface area (Å²) in [5.74, 6) is -0.985. The van der Waals surface area contributed by atoms with E-state index in [4.69, 9.17) is 4.74 Å². The maximum Gasteiger partial charge on any atom is 0.315 e. The van der Waals surface area contributed by atoms with Crippen LogP contribution in [0.5, 0.6) is 0 Å². The summed E-state index contributed by atoms with van der Waals surface area (Å²) >= 11 is 1.65. The second kappa shape index (κ2) is 7.78. The van der Waals surface area contributed by atoms with Gasteiger partial charge in [-0.25, -0.2) is 13.6 Å². The second-order valence-electron chi connectivity index (χ2n) is 5.33. The third-order valence-electron chi connectivity index (χ3n) is 3.47. The number of benzene rings is 1. The summed E-state index contributed by atoms with van der Waals surface area (Å²) in [5.41, 5.74) is 0.527. The Labute approximate surface area is 133 Å². The molecule has 1 fully saturated rings. The smallest absolute Gasteiger partial charge is 0.315 e. The Morgan fingerprint density at radius 2 is 2.23 bits per heavy atom. The number of ether oxygens (including phenoxy) is 1. The molecule has 2 rings (SSSR count). The Morgan fingerprint density at radius 1 is 1.45 bits per heavy atom. The Bertz CT molecular complexity index is 530. The van der Waals surface area contributed by atoms with E-state index in [1.807, 2.05) is 13.2 Å². The zero-order valence-electron chi connectivity index (χ0n) is 12.6. The number of carbonyl (C=O) groups is 1. The Hall–Kier alpha value is -1.34. The largest absolute Gasteiger partial charge is 0.371 e. The van der Waals surface area contributed by atoms with Crippen molar-refractivity contribution in [3.05, 3.63) is 35.4 Å². The molecule has 1 heterocycles. The minimum Gasteiger partial charge on any atom is -0.371 e. The van der Waals surface area contributed by atoms with E-state index in [2.05, 4.69) is 10.6 Å². The third kappa shape index (κ3) is 4.33. The van der Waals surface area contributed by atoms with Gasteiger partial charge in [0.1, 0.15) is 6.10 Å². The van der Waals surface area contributed by atoms with Crippen molar-refractivity contribution in [2.24, 2.45) is 0 Å². The number of amides is 2. The zero-order valence-corrected chi connectivity index (χ0v) is 13.4. The van der Waals surface area contributed by atoms with Crippen LogP contribution in [0.3, 0.4) is 0 Å². The van der Waals surface area contributed by atoms with Gasteiger partial charge in [-0.05, 0) is 37.3 Å². The maximum atomic E-state index is 13.3. The molecule has 2 N–H and O–H groups in total. The first kappa shape index (κ1) is 17.0. The van der Waals surface area contributed by atoms with Crippen LogP contribution >= 0.6 is 11.8 Å². The minimum atomic E-state index is -0.912. The fourth-order valence-corrected chi connectivity index (χ4v) is 3.06. The van der Waals surface area contributed by atoms with Gasteiger partial charge in [0, 0.05) is 18.4 Å². The molecule has 0 spiro atoms. The minimum absolute atomic E-state index is 0.0547. The van der Waals surface area contributed by atoms with Gasteiger partial charge in [0.15, 0.2) is 11.6 Å². The van der Waals surface area contributed by atoms with Crippen LogP contribution < -0.4 is 10.6 Å². The van der Waals surface area contributed by atoms with E-state index in [0.717, 1.165) is 17.9 Å². The van der Waals surface area contributed by atoms with E-state index in [9.17, 15) is 13.6 Å². The van der Waals surface area contributed by atoms with Crippen molar-refractivity contribution in [2.45, 2.75) is 31.5 Å². The zero-order chi connectivity index (χ0) is 16.1. The lowest BCUT2D eigenvalue weighted by atomic mass is 10.0. The first-order chi connectivity index (χ1) is 10.5. The number of rotatable bonds is 5. The van der Waals surface area contributed by atoms with Crippen LogP contribution in [0.15, 0.2) is 18.2 Å². The molecule has 1 unspecified atom stereocenters. The highest BCUT2D eigenvalue weighted by atomic mass is 32.2. The van der Waals surface area contributed by atoms with E-state index in [1.165, 1.54) is 6.07 Å². The van der Waals surface area contributed by atoms with E-state index in [-0.39, 0.29) is 18.1 Å². The van der Waals surface area contributed by atoms with Crippen LogP contribution in [0.25, 0.3) is 0 Å². The third-order valence-corrected chi connectivity index (χ3v) is 4.31. The van der Waals surface area contributed by atoms with Crippen molar-refractivity contribution >= 4 is 17.8 Å². The quantitative estimate of drug-likeness (QED) is 0.873. The molecular weight excluding hydrogens is 310 g/mol. The molecule has 0 aromatic heterocycles. The average molecular weight is 330 g/mol. The number of urea groups is 1. The van der Waals surface area contributed by atoms with Gasteiger partial charge in [0.2, 0.25) is 0 Å². The number of hydrogen-bond donors (Lipinski definition) is 2. The lowest BCUT2D eigenvalue weighted by Gasteiger charge is -2.22. The van der Waals surface area contributed by atoms with Gasteiger partial charge in [-0.1, -0.05) is 6.07 Å². The molecule has 7 heteroatoms. The molecule has 0 aliphatic carbocycles. The van der Waals surface area contributed by atoms with E-state index >= 15 is 0 Å². The predicted octanol–water partition coefficient (Wildman–Crippen LogP) is 2.85. The van der Waals surface area contributed by atoms with Gasteiger partial charge in [0.25, 0.3) is 0 Å². The van der Waals surface area contributed by atoms with Crippen molar-refractivity contribution in [2.75, 3.05) is 18.6 Å². The van der Waals surface area contributed by atoms with Crippen LogP contribution in [0.4, 0.5) is 13.6 Å². The molecule has 0 saturated carbocycles. The van der Waals surface area contributed by atoms with Crippen LogP contribution in [0.1, 0.15) is 25.0 Å². The van der Waals surface area contributed by atoms with E-state index in [0.29, 0.717) is 18.6 Å². The van der Waals surface area contributed by atoms with Gasteiger partial charge in [-0.3, -0.25) is 0 Å². The van der Waals surface area contributed by atoms with Gasteiger partial charge >= 0.3 is 6.03 Å². The summed E-state index contributed by atoms with van der Waals surface area (Å²) in [4.78, 5) is 12.0. The summed E-state index contributed by atoms with van der Waals surface area (Å²) < 4.78 is 31.9. The number of carbonyl (C=O) groups excluding carboxylic acids is 1. The normalized spacial score (nSPS) is 22.4. The van der Waals surface area contributed by atoms with E-state index in [1.54, 1.807) is 11.8 Å². The van der Waals surface area contributed by atoms with Crippen molar-refractivity contribution in [1.29, 1.82) is 0 Å². The molecular formula is C15H20F2N2O2S. The summed E-state index contributed by atoms with van der Waals surface area (Å²) in [5, 5.41) is 5.69. The van der Waals surface area contributed by atoms with Gasteiger partial charge in [-0.2, -0.15) is 11.8 Å². The highest BCUT2D eigenvalue weighted by molar-refractivity contribution is 7.98. The molecule has 1 saturated heterocycles. The number of nitrogens with one attached hydrogen (secondary N) is 2. The van der Waals surface area contributed by atoms with Crippen molar-refractivity contribution < 1.29 is 18.3 Å². The van der Waals surface area contributed by atoms with Crippen LogP contribution in [0, 0.1) is 11.6 Å². The highest BCUT2D eigenvalue weighted by Gasteiger charge is 2.31. The molecule has 3 atom stereocenters.